The molecule has 0 saturated heterocycles. The average Bonchev–Trinajstić information content (AvgIpc) is 2.30. The zero-order valence-corrected chi connectivity index (χ0v) is 12.2. The van der Waals surface area contributed by atoms with E-state index in [1.807, 2.05) is 0 Å². The summed E-state index contributed by atoms with van der Waals surface area (Å²) in [5.41, 5.74) is 1.20. The van der Waals surface area contributed by atoms with Crippen molar-refractivity contribution < 1.29 is 0 Å². The van der Waals surface area contributed by atoms with Crippen molar-refractivity contribution in [2.24, 2.45) is 5.18 Å². The van der Waals surface area contributed by atoms with Gasteiger partial charge in [-0.3, -0.25) is 0 Å². The molecule has 0 heterocycles. The highest BCUT2D eigenvalue weighted by Gasteiger charge is 2.11. The molecule has 0 aromatic heterocycles. The summed E-state index contributed by atoms with van der Waals surface area (Å²) in [6.07, 6.45) is 1.03. The zero-order valence-electron chi connectivity index (χ0n) is 9.26. The van der Waals surface area contributed by atoms with Crippen LogP contribution in [0, 0.1) is 8.48 Å². The highest BCUT2D eigenvalue weighted by Crippen LogP contribution is 2.31. The van der Waals surface area contributed by atoms with Crippen LogP contribution in [0.2, 0.25) is 5.02 Å². The number of nitroso groups, excluding NO2 is 1. The van der Waals surface area contributed by atoms with E-state index in [1.165, 1.54) is 0 Å². The van der Waals surface area contributed by atoms with Crippen molar-refractivity contribution >= 4 is 39.9 Å². The number of hydrogen-bond donors (Lipinski definition) is 1. The lowest BCUT2D eigenvalue weighted by molar-refractivity contribution is 0.534. The molecule has 1 N–H and O–H groups in total. The Morgan fingerprint density at radius 1 is 1.56 bits per heavy atom. The average molecular weight is 353 g/mol. The molecule has 0 fully saturated rings. The predicted molar refractivity (Wildman–Crippen MR) is 76.2 cm³/mol. The summed E-state index contributed by atoms with van der Waals surface area (Å²) < 4.78 is 0.938. The fraction of sp³-hybridized carbons (Fsp3) is 0.455. The summed E-state index contributed by atoms with van der Waals surface area (Å²) in [7, 11) is 0. The number of nitrogens with one attached hydrogen (secondary N) is 1. The molecule has 1 atom stereocenters. The molecule has 1 aromatic rings. The molecule has 0 radical (unpaired) electrons. The minimum absolute atomic E-state index is 0.397. The van der Waals surface area contributed by atoms with Crippen molar-refractivity contribution in [2.75, 3.05) is 0 Å². The third-order valence-electron chi connectivity index (χ3n) is 2.51. The highest BCUT2D eigenvalue weighted by molar-refractivity contribution is 14.1. The summed E-state index contributed by atoms with van der Waals surface area (Å²) in [5, 5.41) is 6.92. The van der Waals surface area contributed by atoms with Crippen LogP contribution in [-0.4, -0.2) is 6.04 Å². The maximum atomic E-state index is 10.7. The van der Waals surface area contributed by atoms with Crippen LogP contribution in [-0.2, 0) is 6.54 Å². The number of hydrogen-bond acceptors (Lipinski definition) is 3. The summed E-state index contributed by atoms with van der Waals surface area (Å²) in [6.45, 7) is 4.77. The third-order valence-corrected chi connectivity index (χ3v) is 4.16. The first kappa shape index (κ1) is 13.9. The molecule has 5 heteroatoms. The van der Waals surface area contributed by atoms with Crippen LogP contribution >= 0.6 is 34.2 Å². The van der Waals surface area contributed by atoms with Crippen LogP contribution in [0.15, 0.2) is 17.3 Å². The van der Waals surface area contributed by atoms with Gasteiger partial charge in [-0.1, -0.05) is 18.5 Å². The molecule has 0 aliphatic heterocycles. The topological polar surface area (TPSA) is 41.5 Å². The molecule has 1 aromatic carbocycles. The molecule has 88 valence electrons. The second kappa shape index (κ2) is 6.51. The van der Waals surface area contributed by atoms with Crippen LogP contribution in [0.25, 0.3) is 0 Å². The van der Waals surface area contributed by atoms with Gasteiger partial charge < -0.3 is 5.32 Å². The Labute approximate surface area is 114 Å². The molecule has 16 heavy (non-hydrogen) atoms. The zero-order chi connectivity index (χ0) is 12.1. The lowest BCUT2D eigenvalue weighted by Crippen LogP contribution is -2.24. The van der Waals surface area contributed by atoms with Crippen LogP contribution < -0.4 is 5.32 Å². The van der Waals surface area contributed by atoms with E-state index in [-0.39, 0.29) is 0 Å². The minimum Gasteiger partial charge on any atom is -0.310 e. The van der Waals surface area contributed by atoms with Gasteiger partial charge in [0.15, 0.2) is 0 Å². The summed E-state index contributed by atoms with van der Waals surface area (Å²) in [5.74, 6) is 0. The van der Waals surface area contributed by atoms with E-state index < -0.39 is 0 Å². The smallest absolute Gasteiger partial charge is 0.114 e. The number of benzene rings is 1. The fourth-order valence-corrected chi connectivity index (χ4v) is 1.99. The van der Waals surface area contributed by atoms with E-state index in [2.05, 4.69) is 46.9 Å². The van der Waals surface area contributed by atoms with Crippen molar-refractivity contribution in [3.05, 3.63) is 31.2 Å². The largest absolute Gasteiger partial charge is 0.310 e. The minimum atomic E-state index is 0.397. The van der Waals surface area contributed by atoms with Gasteiger partial charge in [0.25, 0.3) is 0 Å². The number of rotatable bonds is 5. The molecule has 3 nitrogen and oxygen atoms in total. The van der Waals surface area contributed by atoms with Gasteiger partial charge in [0.2, 0.25) is 0 Å². The third kappa shape index (κ3) is 3.40. The SMILES string of the molecule is CCC(C)NCc1c(N=O)ccc(I)c1Cl. The maximum Gasteiger partial charge on any atom is 0.114 e. The summed E-state index contributed by atoms with van der Waals surface area (Å²) in [4.78, 5) is 10.7. The van der Waals surface area contributed by atoms with Crippen molar-refractivity contribution in [3.8, 4) is 0 Å². The van der Waals surface area contributed by atoms with Gasteiger partial charge in [-0.15, -0.1) is 4.91 Å². The van der Waals surface area contributed by atoms with E-state index in [4.69, 9.17) is 11.6 Å². The van der Waals surface area contributed by atoms with Gasteiger partial charge in [-0.25, -0.2) is 0 Å². The second-order valence-corrected chi connectivity index (χ2v) is 5.18. The number of nitrogens with zero attached hydrogens (tertiary/aromatic N) is 1. The first-order valence-electron chi connectivity index (χ1n) is 5.13. The quantitative estimate of drug-likeness (QED) is 0.636. The van der Waals surface area contributed by atoms with Crippen molar-refractivity contribution in [2.45, 2.75) is 32.9 Å². The van der Waals surface area contributed by atoms with Crippen molar-refractivity contribution in [3.63, 3.8) is 0 Å². The van der Waals surface area contributed by atoms with Gasteiger partial charge in [-0.05, 0) is 53.2 Å². The Hall–Kier alpha value is -0.200. The molecular formula is C11H14ClIN2O. The van der Waals surface area contributed by atoms with Crippen LogP contribution in [0.4, 0.5) is 5.69 Å². The molecule has 0 aliphatic carbocycles. The van der Waals surface area contributed by atoms with Crippen LogP contribution in [0.3, 0.4) is 0 Å². The van der Waals surface area contributed by atoms with Crippen LogP contribution in [0.5, 0.6) is 0 Å². The predicted octanol–water partition coefficient (Wildman–Crippen LogP) is 4.23. The fourth-order valence-electron chi connectivity index (χ4n) is 1.26. The Morgan fingerprint density at radius 3 is 2.81 bits per heavy atom. The molecule has 0 amide bonds. The van der Waals surface area contributed by atoms with E-state index in [0.717, 1.165) is 15.6 Å². The van der Waals surface area contributed by atoms with Gasteiger partial charge in [0, 0.05) is 21.7 Å². The normalized spacial score (nSPS) is 12.5. The molecule has 0 bridgehead atoms. The lowest BCUT2D eigenvalue weighted by atomic mass is 10.1. The van der Waals surface area contributed by atoms with Crippen molar-refractivity contribution in [1.82, 2.24) is 5.32 Å². The summed E-state index contributed by atoms with van der Waals surface area (Å²) in [6, 6.07) is 3.90. The van der Waals surface area contributed by atoms with Gasteiger partial charge in [0.1, 0.15) is 5.69 Å². The first-order valence-corrected chi connectivity index (χ1v) is 6.59. The van der Waals surface area contributed by atoms with Gasteiger partial charge in [-0.2, -0.15) is 0 Å². The standard InChI is InChI=1S/C11H14ClIN2O/c1-3-7(2)14-6-8-10(15-16)5-4-9(13)11(8)12/h4-5,7,14H,3,6H2,1-2H3. The Kier molecular flexibility index (Phi) is 5.64. The number of halogens is 2. The van der Waals surface area contributed by atoms with E-state index >= 15 is 0 Å². The van der Waals surface area contributed by atoms with Crippen LogP contribution in [0.1, 0.15) is 25.8 Å². The van der Waals surface area contributed by atoms with Gasteiger partial charge >= 0.3 is 0 Å². The van der Waals surface area contributed by atoms with Crippen molar-refractivity contribution in [1.29, 1.82) is 0 Å². The summed E-state index contributed by atoms with van der Waals surface area (Å²) >= 11 is 8.30. The maximum absolute atomic E-state index is 10.7. The first-order chi connectivity index (χ1) is 7.60. The molecule has 0 spiro atoms. The van der Waals surface area contributed by atoms with E-state index in [1.54, 1.807) is 12.1 Å². The monoisotopic (exact) mass is 352 g/mol. The Balaban J connectivity index is 2.92. The van der Waals surface area contributed by atoms with Gasteiger partial charge in [0.05, 0.1) is 5.02 Å². The molecule has 1 unspecified atom stereocenters. The molecule has 0 saturated carbocycles. The second-order valence-electron chi connectivity index (χ2n) is 3.64. The van der Waals surface area contributed by atoms with E-state index in [9.17, 15) is 4.91 Å². The molecule has 0 aliphatic rings. The van der Waals surface area contributed by atoms with E-state index in [0.29, 0.717) is 23.3 Å². The highest BCUT2D eigenvalue weighted by atomic mass is 127. The molecule has 1 rings (SSSR count). The Morgan fingerprint density at radius 2 is 2.25 bits per heavy atom. The lowest BCUT2D eigenvalue weighted by Gasteiger charge is -2.13. The molecular weight excluding hydrogens is 338 g/mol. The Bertz CT molecular complexity index is 384.